The number of nitrogens with zero attached hydrogens (tertiary/aromatic N) is 5. The molecule has 4 rings (SSSR count). The molecule has 3 aromatic rings. The van der Waals surface area contributed by atoms with Gasteiger partial charge in [-0.25, -0.2) is 14.4 Å². The molecule has 1 amide bonds. The van der Waals surface area contributed by atoms with E-state index in [9.17, 15) is 9.18 Å². The molecule has 0 aliphatic carbocycles. The lowest BCUT2D eigenvalue weighted by molar-refractivity contribution is -0.129. The molecule has 1 aromatic carbocycles. The number of rotatable bonds is 5. The topological polar surface area (TPSA) is 71.9 Å². The Hall–Kier alpha value is -2.39. The van der Waals surface area contributed by atoms with Gasteiger partial charge in [0.1, 0.15) is 10.8 Å². The highest BCUT2D eigenvalue weighted by Gasteiger charge is 2.27. The summed E-state index contributed by atoms with van der Waals surface area (Å²) >= 11 is 2.75. The van der Waals surface area contributed by atoms with Gasteiger partial charge in [-0.15, -0.1) is 10.2 Å². The third-order valence-corrected chi connectivity index (χ3v) is 6.51. The van der Waals surface area contributed by atoms with Gasteiger partial charge in [-0.3, -0.25) is 4.79 Å². The Balaban J connectivity index is 1.40. The van der Waals surface area contributed by atoms with Crippen molar-refractivity contribution in [3.8, 4) is 10.6 Å². The predicted octanol–water partition coefficient (Wildman–Crippen LogP) is 3.63. The van der Waals surface area contributed by atoms with Gasteiger partial charge in [0.25, 0.3) is 0 Å². The molecular formula is C19H18FN5OS2. The quantitative estimate of drug-likeness (QED) is 0.468. The van der Waals surface area contributed by atoms with E-state index in [0.29, 0.717) is 28.0 Å². The molecule has 0 saturated carbocycles. The van der Waals surface area contributed by atoms with E-state index >= 15 is 0 Å². The van der Waals surface area contributed by atoms with Crippen molar-refractivity contribution in [3.63, 3.8) is 0 Å². The van der Waals surface area contributed by atoms with E-state index in [2.05, 4.69) is 20.2 Å². The van der Waals surface area contributed by atoms with Crippen molar-refractivity contribution in [2.45, 2.75) is 23.9 Å². The third-order valence-electron chi connectivity index (χ3n) is 4.54. The summed E-state index contributed by atoms with van der Waals surface area (Å²) in [4.78, 5) is 22.7. The Bertz CT molecular complexity index is 952. The number of hydrogen-bond donors (Lipinski definition) is 0. The first-order valence-corrected chi connectivity index (χ1v) is 10.8. The van der Waals surface area contributed by atoms with E-state index in [-0.39, 0.29) is 17.6 Å². The van der Waals surface area contributed by atoms with Crippen LogP contribution in [0.25, 0.3) is 10.6 Å². The molecule has 0 N–H and O–H groups in total. The number of hydrogen-bond acceptors (Lipinski definition) is 7. The fourth-order valence-electron chi connectivity index (χ4n) is 3.13. The molecule has 28 heavy (non-hydrogen) atoms. The fraction of sp³-hybridized carbons (Fsp3) is 0.316. The molecule has 144 valence electrons. The van der Waals surface area contributed by atoms with Crippen molar-refractivity contribution in [2.75, 3.05) is 18.8 Å². The number of amides is 1. The summed E-state index contributed by atoms with van der Waals surface area (Å²) in [6.45, 7) is 1.35. The maximum atomic E-state index is 14.0. The minimum Gasteiger partial charge on any atom is -0.341 e. The summed E-state index contributed by atoms with van der Waals surface area (Å²) in [5, 5.41) is 10.5. The van der Waals surface area contributed by atoms with Gasteiger partial charge in [-0.1, -0.05) is 35.2 Å². The summed E-state index contributed by atoms with van der Waals surface area (Å²) in [6.07, 6.45) is 5.20. The van der Waals surface area contributed by atoms with Crippen LogP contribution in [-0.2, 0) is 4.79 Å². The maximum absolute atomic E-state index is 14.0. The summed E-state index contributed by atoms with van der Waals surface area (Å²) in [7, 11) is 0. The minimum atomic E-state index is -0.300. The number of carbonyl (C=O) groups excluding carboxylic acids is 1. The molecule has 1 unspecified atom stereocenters. The smallest absolute Gasteiger partial charge is 0.233 e. The van der Waals surface area contributed by atoms with Crippen LogP contribution in [0.15, 0.2) is 47.9 Å². The van der Waals surface area contributed by atoms with Gasteiger partial charge in [0.05, 0.1) is 5.75 Å². The minimum absolute atomic E-state index is 0.0704. The maximum Gasteiger partial charge on any atom is 0.233 e. The molecule has 1 aliphatic rings. The van der Waals surface area contributed by atoms with Crippen LogP contribution in [0.5, 0.6) is 0 Å². The Labute approximate surface area is 170 Å². The fourth-order valence-corrected chi connectivity index (χ4v) is 4.83. The van der Waals surface area contributed by atoms with E-state index in [0.717, 1.165) is 24.4 Å². The third kappa shape index (κ3) is 4.36. The number of halogens is 1. The molecule has 1 aliphatic heterocycles. The van der Waals surface area contributed by atoms with Crippen LogP contribution >= 0.6 is 23.1 Å². The first-order valence-electron chi connectivity index (χ1n) is 8.96. The molecule has 1 atom stereocenters. The lowest BCUT2D eigenvalue weighted by atomic mass is 9.99. The van der Waals surface area contributed by atoms with Crippen LogP contribution in [-0.4, -0.2) is 49.8 Å². The van der Waals surface area contributed by atoms with Gasteiger partial charge >= 0.3 is 0 Å². The molecular weight excluding hydrogens is 397 g/mol. The largest absolute Gasteiger partial charge is 0.341 e. The van der Waals surface area contributed by atoms with E-state index in [1.807, 2.05) is 4.90 Å². The SMILES string of the molecule is O=C(CSc1ncccn1)N1CCCC(c2nnc(-c3ccccc3F)s2)C1. The molecule has 0 radical (unpaired) electrons. The molecule has 1 fully saturated rings. The predicted molar refractivity (Wildman–Crippen MR) is 107 cm³/mol. The van der Waals surface area contributed by atoms with Crippen LogP contribution in [0.1, 0.15) is 23.8 Å². The number of thioether (sulfide) groups is 1. The number of likely N-dealkylation sites (tertiary alicyclic amines) is 1. The number of carbonyl (C=O) groups is 1. The Morgan fingerprint density at radius 3 is 2.86 bits per heavy atom. The first kappa shape index (κ1) is 18.9. The molecule has 3 heterocycles. The second-order valence-corrected chi connectivity index (χ2v) is 8.38. The van der Waals surface area contributed by atoms with Gasteiger partial charge < -0.3 is 4.90 Å². The van der Waals surface area contributed by atoms with Crippen molar-refractivity contribution in [1.82, 2.24) is 25.1 Å². The summed E-state index contributed by atoms with van der Waals surface area (Å²) in [6, 6.07) is 8.32. The highest BCUT2D eigenvalue weighted by Crippen LogP contribution is 2.33. The molecule has 0 bridgehead atoms. The van der Waals surface area contributed by atoms with Crippen LogP contribution in [0, 0.1) is 5.82 Å². The van der Waals surface area contributed by atoms with E-state index in [4.69, 9.17) is 0 Å². The number of benzene rings is 1. The molecule has 9 heteroatoms. The normalized spacial score (nSPS) is 16.9. The second kappa shape index (κ2) is 8.74. The highest BCUT2D eigenvalue weighted by molar-refractivity contribution is 7.99. The zero-order chi connectivity index (χ0) is 19.3. The van der Waals surface area contributed by atoms with Crippen molar-refractivity contribution >= 4 is 29.0 Å². The highest BCUT2D eigenvalue weighted by atomic mass is 32.2. The Kier molecular flexibility index (Phi) is 5.92. The van der Waals surface area contributed by atoms with Crippen LogP contribution in [0.4, 0.5) is 4.39 Å². The van der Waals surface area contributed by atoms with E-state index < -0.39 is 0 Å². The van der Waals surface area contributed by atoms with Gasteiger partial charge in [-0.2, -0.15) is 0 Å². The van der Waals surface area contributed by atoms with Crippen molar-refractivity contribution in [2.24, 2.45) is 0 Å². The lowest BCUT2D eigenvalue weighted by Gasteiger charge is -2.31. The Morgan fingerprint density at radius 1 is 1.21 bits per heavy atom. The van der Waals surface area contributed by atoms with Crippen LogP contribution in [0.3, 0.4) is 0 Å². The molecule has 0 spiro atoms. The average molecular weight is 416 g/mol. The van der Waals surface area contributed by atoms with Gasteiger partial charge in [0.2, 0.25) is 5.91 Å². The van der Waals surface area contributed by atoms with Crippen LogP contribution in [0.2, 0.25) is 0 Å². The average Bonchev–Trinajstić information content (AvgIpc) is 3.23. The zero-order valence-corrected chi connectivity index (χ0v) is 16.6. The summed E-state index contributed by atoms with van der Waals surface area (Å²) < 4.78 is 14.0. The second-order valence-electron chi connectivity index (χ2n) is 6.42. The van der Waals surface area contributed by atoms with Crippen molar-refractivity contribution in [3.05, 3.63) is 53.6 Å². The lowest BCUT2D eigenvalue weighted by Crippen LogP contribution is -2.40. The number of aromatic nitrogens is 4. The standard InChI is InChI=1S/C19H18FN5OS2/c20-15-7-2-1-6-14(15)18-24-23-17(28-18)13-5-3-10-25(11-13)16(26)12-27-19-21-8-4-9-22-19/h1-2,4,6-9,13H,3,5,10-12H2. The molecule has 1 saturated heterocycles. The van der Waals surface area contributed by atoms with Gasteiger partial charge in [0.15, 0.2) is 10.2 Å². The van der Waals surface area contributed by atoms with E-state index in [1.54, 1.807) is 36.7 Å². The molecule has 2 aromatic heterocycles. The van der Waals surface area contributed by atoms with E-state index in [1.165, 1.54) is 29.2 Å². The van der Waals surface area contributed by atoms with Gasteiger partial charge in [-0.05, 0) is 31.0 Å². The van der Waals surface area contributed by atoms with Crippen molar-refractivity contribution in [1.29, 1.82) is 0 Å². The summed E-state index contributed by atoms with van der Waals surface area (Å²) in [5.41, 5.74) is 0.467. The Morgan fingerprint density at radius 2 is 2.04 bits per heavy atom. The van der Waals surface area contributed by atoms with Gasteiger partial charge in [0, 0.05) is 37.0 Å². The monoisotopic (exact) mass is 415 g/mol. The first-order chi connectivity index (χ1) is 13.7. The summed E-state index contributed by atoms with van der Waals surface area (Å²) in [5.74, 6) is 0.216. The van der Waals surface area contributed by atoms with Crippen LogP contribution < -0.4 is 0 Å². The zero-order valence-electron chi connectivity index (χ0n) is 15.0. The number of piperidine rings is 1. The molecule has 6 nitrogen and oxygen atoms in total. The van der Waals surface area contributed by atoms with Crippen molar-refractivity contribution < 1.29 is 9.18 Å².